The second-order valence-corrected chi connectivity index (χ2v) is 6.29. The van der Waals surface area contributed by atoms with Crippen molar-refractivity contribution in [2.24, 2.45) is 0 Å². The molecule has 1 aromatic rings. The summed E-state index contributed by atoms with van der Waals surface area (Å²) in [6.07, 6.45) is 2.41. The van der Waals surface area contributed by atoms with Gasteiger partial charge in [0.1, 0.15) is 0 Å². The van der Waals surface area contributed by atoms with Gasteiger partial charge in [0.25, 0.3) is 0 Å². The lowest BCUT2D eigenvalue weighted by molar-refractivity contribution is 0.332. The Morgan fingerprint density at radius 3 is 1.44 bits per heavy atom. The molecule has 0 heterocycles. The number of nitrogen functional groups attached to an aromatic ring is 2. The lowest BCUT2D eigenvalue weighted by atomic mass is 9.63. The van der Waals surface area contributed by atoms with Crippen molar-refractivity contribution < 1.29 is 0 Å². The van der Waals surface area contributed by atoms with Gasteiger partial charge in [-0.1, -0.05) is 27.7 Å². The summed E-state index contributed by atoms with van der Waals surface area (Å²) < 4.78 is 0. The van der Waals surface area contributed by atoms with Crippen molar-refractivity contribution in [2.45, 2.75) is 51.4 Å². The molecule has 0 atom stereocenters. The van der Waals surface area contributed by atoms with Gasteiger partial charge in [0, 0.05) is 0 Å². The first kappa shape index (κ1) is 11.3. The molecule has 0 saturated heterocycles. The fourth-order valence-corrected chi connectivity index (χ4v) is 2.65. The Kier molecular flexibility index (Phi) is 2.23. The smallest absolute Gasteiger partial charge is 0.0550 e. The highest BCUT2D eigenvalue weighted by Gasteiger charge is 2.37. The Hall–Kier alpha value is -1.18. The number of rotatable bonds is 0. The summed E-state index contributed by atoms with van der Waals surface area (Å²) in [6.45, 7) is 9.15. The van der Waals surface area contributed by atoms with E-state index in [0.29, 0.717) is 11.4 Å². The first-order chi connectivity index (χ1) is 7.24. The van der Waals surface area contributed by atoms with Crippen LogP contribution in [0.15, 0.2) is 12.1 Å². The zero-order chi connectivity index (χ0) is 12.1. The van der Waals surface area contributed by atoms with Crippen LogP contribution in [-0.2, 0) is 10.8 Å². The quantitative estimate of drug-likeness (QED) is 0.657. The Balaban J connectivity index is 2.70. The van der Waals surface area contributed by atoms with Crippen LogP contribution in [0.3, 0.4) is 0 Å². The maximum Gasteiger partial charge on any atom is 0.0550 e. The molecule has 1 aliphatic carbocycles. The second kappa shape index (κ2) is 3.16. The summed E-state index contributed by atoms with van der Waals surface area (Å²) in [5.74, 6) is 0. The summed E-state index contributed by atoms with van der Waals surface area (Å²) >= 11 is 0. The third-order valence-corrected chi connectivity index (χ3v) is 4.06. The largest absolute Gasteiger partial charge is 0.397 e. The highest BCUT2D eigenvalue weighted by atomic mass is 14.7. The SMILES string of the molecule is CC1(C)CCC(C)(C)c2cc(N)c(N)cc21. The van der Waals surface area contributed by atoms with E-state index < -0.39 is 0 Å². The molecule has 0 aromatic heterocycles. The second-order valence-electron chi connectivity index (χ2n) is 6.29. The monoisotopic (exact) mass is 218 g/mol. The van der Waals surface area contributed by atoms with Crippen LogP contribution in [0.4, 0.5) is 11.4 Å². The molecule has 88 valence electrons. The first-order valence-corrected chi connectivity index (χ1v) is 5.94. The van der Waals surface area contributed by atoms with E-state index >= 15 is 0 Å². The zero-order valence-electron chi connectivity index (χ0n) is 10.7. The molecule has 0 spiro atoms. The minimum atomic E-state index is 0.215. The molecule has 0 aliphatic heterocycles. The van der Waals surface area contributed by atoms with Gasteiger partial charge in [-0.15, -0.1) is 0 Å². The molecular formula is C14H22N2. The molecule has 16 heavy (non-hydrogen) atoms. The Morgan fingerprint density at radius 2 is 1.12 bits per heavy atom. The highest BCUT2D eigenvalue weighted by molar-refractivity contribution is 5.68. The summed E-state index contributed by atoms with van der Waals surface area (Å²) in [7, 11) is 0. The topological polar surface area (TPSA) is 52.0 Å². The minimum absolute atomic E-state index is 0.215. The maximum atomic E-state index is 5.93. The fraction of sp³-hybridized carbons (Fsp3) is 0.571. The predicted octanol–water partition coefficient (Wildman–Crippen LogP) is 3.20. The molecule has 2 heteroatoms. The van der Waals surface area contributed by atoms with Crippen LogP contribution in [0.5, 0.6) is 0 Å². The van der Waals surface area contributed by atoms with Crippen molar-refractivity contribution >= 4 is 11.4 Å². The van der Waals surface area contributed by atoms with Crippen molar-refractivity contribution in [3.8, 4) is 0 Å². The van der Waals surface area contributed by atoms with Gasteiger partial charge in [0.2, 0.25) is 0 Å². The maximum absolute atomic E-state index is 5.93. The van der Waals surface area contributed by atoms with Gasteiger partial charge in [-0.3, -0.25) is 0 Å². The van der Waals surface area contributed by atoms with Crippen molar-refractivity contribution in [1.29, 1.82) is 0 Å². The normalized spacial score (nSPS) is 21.5. The number of hydrogen-bond acceptors (Lipinski definition) is 2. The average Bonchev–Trinajstić information content (AvgIpc) is 2.17. The van der Waals surface area contributed by atoms with Gasteiger partial charge in [0.15, 0.2) is 0 Å². The Labute approximate surface area is 98.0 Å². The average molecular weight is 218 g/mol. The fourth-order valence-electron chi connectivity index (χ4n) is 2.65. The summed E-state index contributed by atoms with van der Waals surface area (Å²) in [6, 6.07) is 4.15. The molecule has 2 nitrogen and oxygen atoms in total. The number of nitrogens with two attached hydrogens (primary N) is 2. The van der Waals surface area contributed by atoms with E-state index in [9.17, 15) is 0 Å². The number of hydrogen-bond donors (Lipinski definition) is 2. The number of anilines is 2. The molecule has 0 saturated carbocycles. The molecule has 1 aromatic carbocycles. The van der Waals surface area contributed by atoms with Crippen LogP contribution >= 0.6 is 0 Å². The van der Waals surface area contributed by atoms with Crippen molar-refractivity contribution in [1.82, 2.24) is 0 Å². The zero-order valence-corrected chi connectivity index (χ0v) is 10.7. The molecular weight excluding hydrogens is 196 g/mol. The van der Waals surface area contributed by atoms with Gasteiger partial charge >= 0.3 is 0 Å². The van der Waals surface area contributed by atoms with Crippen LogP contribution in [0.2, 0.25) is 0 Å². The van der Waals surface area contributed by atoms with Gasteiger partial charge in [-0.2, -0.15) is 0 Å². The highest BCUT2D eigenvalue weighted by Crippen LogP contribution is 2.47. The van der Waals surface area contributed by atoms with E-state index in [1.54, 1.807) is 0 Å². The van der Waals surface area contributed by atoms with Gasteiger partial charge in [-0.25, -0.2) is 0 Å². The van der Waals surface area contributed by atoms with E-state index in [2.05, 4.69) is 39.8 Å². The summed E-state index contributed by atoms with van der Waals surface area (Å²) in [5.41, 5.74) is 16.5. The van der Waals surface area contributed by atoms with E-state index in [-0.39, 0.29) is 10.8 Å². The van der Waals surface area contributed by atoms with Gasteiger partial charge in [0.05, 0.1) is 11.4 Å². The van der Waals surface area contributed by atoms with Gasteiger partial charge in [-0.05, 0) is 46.9 Å². The van der Waals surface area contributed by atoms with Crippen molar-refractivity contribution in [2.75, 3.05) is 11.5 Å². The van der Waals surface area contributed by atoms with E-state index in [1.807, 2.05) is 0 Å². The number of benzene rings is 1. The molecule has 0 fully saturated rings. The van der Waals surface area contributed by atoms with Crippen molar-refractivity contribution in [3.63, 3.8) is 0 Å². The van der Waals surface area contributed by atoms with E-state index in [0.717, 1.165) is 0 Å². The third kappa shape index (κ3) is 1.57. The van der Waals surface area contributed by atoms with Crippen LogP contribution in [0.1, 0.15) is 51.7 Å². The van der Waals surface area contributed by atoms with E-state index in [1.165, 1.54) is 24.0 Å². The van der Waals surface area contributed by atoms with Crippen LogP contribution < -0.4 is 11.5 Å². The lowest BCUT2D eigenvalue weighted by Gasteiger charge is -2.42. The molecule has 4 N–H and O–H groups in total. The molecule has 0 amide bonds. The third-order valence-electron chi connectivity index (χ3n) is 4.06. The molecule has 1 aliphatic rings. The summed E-state index contributed by atoms with van der Waals surface area (Å²) in [4.78, 5) is 0. The minimum Gasteiger partial charge on any atom is -0.397 e. The molecule has 0 bridgehead atoms. The lowest BCUT2D eigenvalue weighted by Crippen LogP contribution is -2.34. The standard InChI is InChI=1S/C14H22N2/c1-13(2)5-6-14(3,4)10-8-12(16)11(15)7-9(10)13/h7-8H,5-6,15-16H2,1-4H3. The Morgan fingerprint density at radius 1 is 0.812 bits per heavy atom. The summed E-state index contributed by atoms with van der Waals surface area (Å²) in [5, 5.41) is 0. The Bertz CT molecular complexity index is 390. The molecule has 0 unspecified atom stereocenters. The molecule has 0 radical (unpaired) electrons. The number of fused-ring (bicyclic) bond motifs is 1. The van der Waals surface area contributed by atoms with Crippen LogP contribution in [0, 0.1) is 0 Å². The van der Waals surface area contributed by atoms with Gasteiger partial charge < -0.3 is 11.5 Å². The van der Waals surface area contributed by atoms with E-state index in [4.69, 9.17) is 11.5 Å². The van der Waals surface area contributed by atoms with Crippen LogP contribution in [0.25, 0.3) is 0 Å². The predicted molar refractivity (Wildman–Crippen MR) is 70.6 cm³/mol. The van der Waals surface area contributed by atoms with Crippen molar-refractivity contribution in [3.05, 3.63) is 23.3 Å². The molecule has 2 rings (SSSR count). The first-order valence-electron chi connectivity index (χ1n) is 5.94. The van der Waals surface area contributed by atoms with Crippen LogP contribution in [-0.4, -0.2) is 0 Å².